The number of allylic oxidation sites excluding steroid dienone is 2. The van der Waals surface area contributed by atoms with Crippen LogP contribution in [0.25, 0.3) is 0 Å². The van der Waals surface area contributed by atoms with E-state index in [1.165, 1.54) is 0 Å². The van der Waals surface area contributed by atoms with E-state index < -0.39 is 26.7 Å². The molecule has 2 atom stereocenters. The first-order valence-corrected chi connectivity index (χ1v) is 7.24. The zero-order chi connectivity index (χ0) is 15.0. The van der Waals surface area contributed by atoms with E-state index in [0.29, 0.717) is 5.57 Å². The molecule has 1 fully saturated rings. The van der Waals surface area contributed by atoms with E-state index in [4.69, 9.17) is 23.2 Å². The van der Waals surface area contributed by atoms with Crippen LogP contribution in [0.5, 0.6) is 0 Å². The number of rotatable bonds is 0. The maximum absolute atomic E-state index is 12.6. The fourth-order valence-corrected chi connectivity index (χ4v) is 4.71. The lowest BCUT2D eigenvalue weighted by Gasteiger charge is -2.34. The number of fused-ring (bicyclic) bond motifs is 1. The Morgan fingerprint density at radius 1 is 1.05 bits per heavy atom. The highest BCUT2D eigenvalue weighted by Crippen LogP contribution is 2.78. The van der Waals surface area contributed by atoms with Crippen LogP contribution in [0.2, 0.25) is 0 Å². The van der Waals surface area contributed by atoms with Crippen molar-refractivity contribution < 1.29 is 9.59 Å². The molecule has 2 rings (SSSR count). The maximum atomic E-state index is 12.6. The average Bonchev–Trinajstić information content (AvgIpc) is 2.68. The van der Waals surface area contributed by atoms with Gasteiger partial charge in [-0.3, -0.25) is 9.59 Å². The van der Waals surface area contributed by atoms with Gasteiger partial charge in [0.05, 0.1) is 5.41 Å². The largest absolute Gasteiger partial charge is 0.290 e. The van der Waals surface area contributed by atoms with Gasteiger partial charge in [0.2, 0.25) is 11.6 Å². The molecule has 0 saturated heterocycles. The van der Waals surface area contributed by atoms with E-state index in [9.17, 15) is 9.59 Å². The van der Waals surface area contributed by atoms with Crippen molar-refractivity contribution >= 4 is 34.8 Å². The summed E-state index contributed by atoms with van der Waals surface area (Å²) in [6.45, 7) is 11.5. The Bertz CT molecular complexity index is 503. The van der Waals surface area contributed by atoms with Crippen molar-refractivity contribution in [2.45, 2.75) is 45.9 Å². The summed E-state index contributed by atoms with van der Waals surface area (Å²) in [6, 6.07) is 0. The number of ketones is 2. The minimum atomic E-state index is -1.18. The third kappa shape index (κ3) is 1.62. The van der Waals surface area contributed by atoms with Crippen molar-refractivity contribution in [3.63, 3.8) is 0 Å². The number of Topliss-reactive ketones (excluding diaryl/α,β-unsaturated/α-hetero) is 2. The molecule has 2 aliphatic carbocycles. The molecule has 2 nitrogen and oxygen atoms in total. The second-order valence-corrected chi connectivity index (χ2v) is 9.03. The Labute approximate surface area is 124 Å². The van der Waals surface area contributed by atoms with E-state index in [1.807, 2.05) is 47.6 Å². The standard InChI is InChI=1S/C15H20Cl2O2/c1-12(2,3)8-7-9-14(13(4,5)6,15(9,16)17)11(19)10(8)18/h7,9H,1-6H3/t9-,14+/m0/s1. The lowest BCUT2D eigenvalue weighted by Crippen LogP contribution is -2.43. The minimum Gasteiger partial charge on any atom is -0.290 e. The number of carbonyl (C=O) groups excluding carboxylic acids is 2. The van der Waals surface area contributed by atoms with Gasteiger partial charge in [0.25, 0.3) is 0 Å². The van der Waals surface area contributed by atoms with Gasteiger partial charge in [-0.25, -0.2) is 0 Å². The summed E-state index contributed by atoms with van der Waals surface area (Å²) in [4.78, 5) is 25.1. The molecule has 0 aliphatic heterocycles. The molecule has 2 aliphatic rings. The molecule has 0 aromatic rings. The summed E-state index contributed by atoms with van der Waals surface area (Å²) in [6.07, 6.45) is 1.83. The molecule has 0 aromatic carbocycles. The average molecular weight is 303 g/mol. The van der Waals surface area contributed by atoms with Gasteiger partial charge in [-0.05, 0) is 10.8 Å². The summed E-state index contributed by atoms with van der Waals surface area (Å²) in [5, 5.41) is 0. The normalized spacial score (nSPS) is 33.9. The van der Waals surface area contributed by atoms with Gasteiger partial charge in [0, 0.05) is 11.5 Å². The van der Waals surface area contributed by atoms with Crippen molar-refractivity contribution in [3.8, 4) is 0 Å². The van der Waals surface area contributed by atoms with Gasteiger partial charge in [-0.15, -0.1) is 0 Å². The highest BCUT2D eigenvalue weighted by molar-refractivity contribution is 6.60. The Kier molecular flexibility index (Phi) is 2.89. The highest BCUT2D eigenvalue weighted by atomic mass is 35.5. The van der Waals surface area contributed by atoms with Gasteiger partial charge in [-0.2, -0.15) is 0 Å². The topological polar surface area (TPSA) is 34.1 Å². The SMILES string of the molecule is CC(C)(C)C1=C[C@@H]2C(Cl)(Cl)[C@@]2(C(C)(C)C)C(=O)C1=O. The molecule has 4 heteroatoms. The number of hydrogen-bond acceptors (Lipinski definition) is 2. The number of alkyl halides is 2. The summed E-state index contributed by atoms with van der Waals surface area (Å²) >= 11 is 12.8. The minimum absolute atomic E-state index is 0.275. The molecule has 0 N–H and O–H groups in total. The first-order valence-electron chi connectivity index (χ1n) is 6.49. The zero-order valence-corrected chi connectivity index (χ0v) is 13.7. The molecule has 0 amide bonds. The Hall–Kier alpha value is -0.340. The van der Waals surface area contributed by atoms with Crippen LogP contribution in [0.3, 0.4) is 0 Å². The first-order chi connectivity index (χ1) is 8.29. The summed E-state index contributed by atoms with van der Waals surface area (Å²) in [7, 11) is 0. The Morgan fingerprint density at radius 2 is 1.53 bits per heavy atom. The van der Waals surface area contributed by atoms with Crippen LogP contribution in [-0.4, -0.2) is 15.9 Å². The molecular weight excluding hydrogens is 283 g/mol. The monoisotopic (exact) mass is 302 g/mol. The van der Waals surface area contributed by atoms with Crippen LogP contribution in [0.4, 0.5) is 0 Å². The van der Waals surface area contributed by atoms with E-state index in [2.05, 4.69) is 0 Å². The van der Waals surface area contributed by atoms with Crippen LogP contribution in [0.1, 0.15) is 41.5 Å². The molecule has 0 radical (unpaired) electrons. The van der Waals surface area contributed by atoms with E-state index in [0.717, 1.165) is 0 Å². The molecular formula is C15H20Cl2O2. The zero-order valence-electron chi connectivity index (χ0n) is 12.2. The fraction of sp³-hybridized carbons (Fsp3) is 0.733. The number of carbonyl (C=O) groups is 2. The van der Waals surface area contributed by atoms with E-state index in [1.54, 1.807) is 0 Å². The van der Waals surface area contributed by atoms with Gasteiger partial charge < -0.3 is 0 Å². The molecule has 0 unspecified atom stereocenters. The summed E-state index contributed by atoms with van der Waals surface area (Å²) < 4.78 is -1.18. The fourth-order valence-electron chi connectivity index (χ4n) is 3.39. The first kappa shape index (κ1) is 15.1. The predicted octanol–water partition coefficient (Wildman–Crippen LogP) is 3.95. The number of hydrogen-bond donors (Lipinski definition) is 0. The molecule has 0 heterocycles. The van der Waals surface area contributed by atoms with E-state index in [-0.39, 0.29) is 11.3 Å². The van der Waals surface area contributed by atoms with Crippen LogP contribution >= 0.6 is 23.2 Å². The van der Waals surface area contributed by atoms with Crippen LogP contribution in [-0.2, 0) is 9.59 Å². The molecule has 106 valence electrons. The van der Waals surface area contributed by atoms with Crippen molar-refractivity contribution in [1.29, 1.82) is 0 Å². The quantitative estimate of drug-likeness (QED) is 0.501. The van der Waals surface area contributed by atoms with Crippen molar-refractivity contribution in [2.24, 2.45) is 22.2 Å². The van der Waals surface area contributed by atoms with Gasteiger partial charge in [0.1, 0.15) is 4.33 Å². The van der Waals surface area contributed by atoms with Gasteiger partial charge >= 0.3 is 0 Å². The van der Waals surface area contributed by atoms with Crippen LogP contribution in [0.15, 0.2) is 11.6 Å². The summed E-state index contributed by atoms with van der Waals surface area (Å²) in [5.74, 6) is -1.13. The molecule has 0 spiro atoms. The third-order valence-electron chi connectivity index (χ3n) is 4.43. The molecule has 0 aromatic heterocycles. The Morgan fingerprint density at radius 3 is 1.89 bits per heavy atom. The van der Waals surface area contributed by atoms with Crippen LogP contribution in [0, 0.1) is 22.2 Å². The second kappa shape index (κ2) is 3.65. The van der Waals surface area contributed by atoms with Crippen LogP contribution < -0.4 is 0 Å². The maximum Gasteiger partial charge on any atom is 0.225 e. The number of halogens is 2. The lowest BCUT2D eigenvalue weighted by molar-refractivity contribution is -0.142. The Balaban J connectivity index is 2.63. The predicted molar refractivity (Wildman–Crippen MR) is 77.4 cm³/mol. The molecule has 0 bridgehead atoms. The molecule has 19 heavy (non-hydrogen) atoms. The third-order valence-corrected chi connectivity index (χ3v) is 5.50. The van der Waals surface area contributed by atoms with Gasteiger partial charge in [0.15, 0.2) is 0 Å². The van der Waals surface area contributed by atoms with Crippen molar-refractivity contribution in [2.75, 3.05) is 0 Å². The molecule has 1 saturated carbocycles. The summed E-state index contributed by atoms with van der Waals surface area (Å²) in [5.41, 5.74) is -1.27. The van der Waals surface area contributed by atoms with Crippen molar-refractivity contribution in [3.05, 3.63) is 11.6 Å². The van der Waals surface area contributed by atoms with Crippen molar-refractivity contribution in [1.82, 2.24) is 0 Å². The van der Waals surface area contributed by atoms with Gasteiger partial charge in [-0.1, -0.05) is 70.8 Å². The second-order valence-electron chi connectivity index (χ2n) is 7.65. The van der Waals surface area contributed by atoms with E-state index >= 15 is 0 Å². The smallest absolute Gasteiger partial charge is 0.225 e. The lowest BCUT2D eigenvalue weighted by atomic mass is 9.66. The highest BCUT2D eigenvalue weighted by Gasteiger charge is 2.85.